The van der Waals surface area contributed by atoms with E-state index in [0.717, 1.165) is 5.56 Å². The standard InChI is InChI=1S/C21H17ClN4O4S/c1-29-14-7-12(8-15(10-14)30-2)19(28)23-11-13-9-18(27)26-21(24-13)31-20(25-26)16-5-3-4-6-17(16)22/h3-10H,11H2,1-2H3,(H,23,28). The van der Waals surface area contributed by atoms with Crippen LogP contribution in [0.15, 0.2) is 53.3 Å². The number of amides is 1. The van der Waals surface area contributed by atoms with Gasteiger partial charge in [-0.25, -0.2) is 4.98 Å². The van der Waals surface area contributed by atoms with Crippen molar-refractivity contribution in [1.82, 2.24) is 19.9 Å². The molecule has 0 spiro atoms. The summed E-state index contributed by atoms with van der Waals surface area (Å²) >= 11 is 7.48. The van der Waals surface area contributed by atoms with E-state index in [1.54, 1.807) is 24.3 Å². The van der Waals surface area contributed by atoms with Crippen molar-refractivity contribution in [2.75, 3.05) is 14.2 Å². The van der Waals surface area contributed by atoms with Crippen molar-refractivity contribution in [2.24, 2.45) is 0 Å². The fourth-order valence-electron chi connectivity index (χ4n) is 2.90. The number of aromatic nitrogens is 3. The van der Waals surface area contributed by atoms with Crippen molar-refractivity contribution < 1.29 is 14.3 Å². The molecule has 31 heavy (non-hydrogen) atoms. The Morgan fingerprint density at radius 1 is 1.13 bits per heavy atom. The normalized spacial score (nSPS) is 10.8. The van der Waals surface area contributed by atoms with Gasteiger partial charge in [-0.3, -0.25) is 9.59 Å². The maximum Gasteiger partial charge on any atom is 0.275 e. The smallest absolute Gasteiger partial charge is 0.275 e. The summed E-state index contributed by atoms with van der Waals surface area (Å²) in [5.41, 5.74) is 1.17. The van der Waals surface area contributed by atoms with Crippen molar-refractivity contribution >= 4 is 33.8 Å². The molecule has 4 aromatic rings. The van der Waals surface area contributed by atoms with Crippen LogP contribution < -0.4 is 20.3 Å². The Labute approximate surface area is 186 Å². The first-order valence-corrected chi connectivity index (χ1v) is 10.3. The van der Waals surface area contributed by atoms with Gasteiger partial charge in [0.05, 0.1) is 31.5 Å². The predicted molar refractivity (Wildman–Crippen MR) is 118 cm³/mol. The highest BCUT2D eigenvalue weighted by Gasteiger charge is 2.14. The quantitative estimate of drug-likeness (QED) is 0.477. The van der Waals surface area contributed by atoms with Gasteiger partial charge in [-0.1, -0.05) is 41.1 Å². The van der Waals surface area contributed by atoms with E-state index in [-0.39, 0.29) is 18.0 Å². The molecule has 0 radical (unpaired) electrons. The lowest BCUT2D eigenvalue weighted by molar-refractivity contribution is 0.0949. The number of fused-ring (bicyclic) bond motifs is 1. The van der Waals surface area contributed by atoms with E-state index in [1.165, 1.54) is 36.1 Å². The van der Waals surface area contributed by atoms with Crippen LogP contribution in [0.25, 0.3) is 15.5 Å². The number of benzene rings is 2. The van der Waals surface area contributed by atoms with Crippen molar-refractivity contribution in [2.45, 2.75) is 6.54 Å². The minimum absolute atomic E-state index is 0.0728. The van der Waals surface area contributed by atoms with Gasteiger partial charge in [0.2, 0.25) is 4.96 Å². The van der Waals surface area contributed by atoms with Crippen molar-refractivity contribution in [3.63, 3.8) is 0 Å². The van der Waals surface area contributed by atoms with Crippen LogP contribution in [-0.2, 0) is 6.54 Å². The third-order valence-electron chi connectivity index (χ3n) is 4.45. The maximum absolute atomic E-state index is 12.6. The summed E-state index contributed by atoms with van der Waals surface area (Å²) in [6.07, 6.45) is 0. The average Bonchev–Trinajstić information content (AvgIpc) is 3.22. The van der Waals surface area contributed by atoms with Crippen molar-refractivity contribution in [3.05, 3.63) is 75.2 Å². The van der Waals surface area contributed by atoms with Gasteiger partial charge in [-0.2, -0.15) is 9.61 Å². The molecule has 0 saturated carbocycles. The molecule has 8 nitrogen and oxygen atoms in total. The number of carbonyl (C=O) groups is 1. The number of methoxy groups -OCH3 is 2. The Balaban J connectivity index is 1.57. The first-order chi connectivity index (χ1) is 15.0. The van der Waals surface area contributed by atoms with E-state index >= 15 is 0 Å². The number of carbonyl (C=O) groups excluding carboxylic acids is 1. The molecule has 2 aromatic carbocycles. The first kappa shape index (κ1) is 20.8. The third-order valence-corrected chi connectivity index (χ3v) is 5.72. The molecule has 0 unspecified atom stereocenters. The highest BCUT2D eigenvalue weighted by atomic mass is 35.5. The summed E-state index contributed by atoms with van der Waals surface area (Å²) in [6.45, 7) is 0.0728. The lowest BCUT2D eigenvalue weighted by Gasteiger charge is -2.09. The second-order valence-electron chi connectivity index (χ2n) is 6.45. The second-order valence-corrected chi connectivity index (χ2v) is 7.81. The van der Waals surface area contributed by atoms with Crippen LogP contribution in [0.3, 0.4) is 0 Å². The molecule has 2 heterocycles. The van der Waals surface area contributed by atoms with Crippen molar-refractivity contribution in [3.8, 4) is 22.1 Å². The summed E-state index contributed by atoms with van der Waals surface area (Å²) in [5.74, 6) is 0.651. The minimum Gasteiger partial charge on any atom is -0.497 e. The van der Waals surface area contributed by atoms with E-state index in [1.807, 2.05) is 18.2 Å². The van der Waals surface area contributed by atoms with E-state index in [0.29, 0.717) is 37.7 Å². The monoisotopic (exact) mass is 456 g/mol. The lowest BCUT2D eigenvalue weighted by atomic mass is 10.2. The number of nitrogens with zero attached hydrogens (tertiary/aromatic N) is 3. The number of hydrogen-bond donors (Lipinski definition) is 1. The van der Waals surface area contributed by atoms with Gasteiger partial charge in [0.1, 0.15) is 16.5 Å². The Morgan fingerprint density at radius 2 is 1.84 bits per heavy atom. The molecule has 0 aliphatic carbocycles. The van der Waals surface area contributed by atoms with Gasteiger partial charge in [-0.15, -0.1) is 0 Å². The Hall–Kier alpha value is -3.43. The highest BCUT2D eigenvalue weighted by Crippen LogP contribution is 2.30. The SMILES string of the molecule is COc1cc(OC)cc(C(=O)NCc2cc(=O)n3nc(-c4ccccc4Cl)sc3n2)c1. The number of rotatable bonds is 6. The van der Waals surface area contributed by atoms with Crippen LogP contribution in [0.1, 0.15) is 16.1 Å². The van der Waals surface area contributed by atoms with E-state index in [9.17, 15) is 9.59 Å². The molecule has 1 amide bonds. The van der Waals surface area contributed by atoms with Gasteiger partial charge in [-0.05, 0) is 18.2 Å². The summed E-state index contributed by atoms with van der Waals surface area (Å²) in [4.78, 5) is 29.9. The Bertz CT molecular complexity index is 1310. The van der Waals surface area contributed by atoms with Crippen LogP contribution in [0, 0.1) is 0 Å². The van der Waals surface area contributed by atoms with Gasteiger partial charge in [0.15, 0.2) is 0 Å². The molecular weight excluding hydrogens is 440 g/mol. The van der Waals surface area contributed by atoms with Gasteiger partial charge in [0, 0.05) is 23.3 Å². The van der Waals surface area contributed by atoms with E-state index < -0.39 is 0 Å². The molecule has 0 atom stereocenters. The van der Waals surface area contributed by atoms with Crippen LogP contribution in [0.5, 0.6) is 11.5 Å². The van der Waals surface area contributed by atoms with Gasteiger partial charge in [0.25, 0.3) is 11.5 Å². The van der Waals surface area contributed by atoms with Gasteiger partial charge >= 0.3 is 0 Å². The van der Waals surface area contributed by atoms with E-state index in [2.05, 4.69) is 15.4 Å². The number of nitrogens with one attached hydrogen (secondary N) is 1. The lowest BCUT2D eigenvalue weighted by Crippen LogP contribution is -2.25. The molecule has 0 aliphatic heterocycles. The molecule has 0 saturated heterocycles. The first-order valence-electron chi connectivity index (χ1n) is 9.14. The van der Waals surface area contributed by atoms with Crippen LogP contribution in [-0.4, -0.2) is 34.7 Å². The fourth-order valence-corrected chi connectivity index (χ4v) is 4.15. The van der Waals surface area contributed by atoms with Crippen molar-refractivity contribution in [1.29, 1.82) is 0 Å². The highest BCUT2D eigenvalue weighted by molar-refractivity contribution is 7.19. The fraction of sp³-hybridized carbons (Fsp3) is 0.143. The zero-order valence-corrected chi connectivity index (χ0v) is 18.2. The topological polar surface area (TPSA) is 94.8 Å². The summed E-state index contributed by atoms with van der Waals surface area (Å²) in [5, 5.41) is 8.21. The van der Waals surface area contributed by atoms with Gasteiger partial charge < -0.3 is 14.8 Å². The third kappa shape index (κ3) is 4.37. The average molecular weight is 457 g/mol. The molecule has 1 N–H and O–H groups in total. The Kier molecular flexibility index (Phi) is 5.88. The molecule has 10 heteroatoms. The number of ether oxygens (including phenoxy) is 2. The second kappa shape index (κ2) is 8.75. The Morgan fingerprint density at radius 3 is 2.52 bits per heavy atom. The minimum atomic E-state index is -0.347. The number of hydrogen-bond acceptors (Lipinski definition) is 7. The molecule has 4 rings (SSSR count). The van der Waals surface area contributed by atoms with Crippen LogP contribution in [0.2, 0.25) is 5.02 Å². The zero-order chi connectivity index (χ0) is 22.0. The summed E-state index contributed by atoms with van der Waals surface area (Å²) in [7, 11) is 3.02. The molecule has 0 bridgehead atoms. The van der Waals surface area contributed by atoms with E-state index in [4.69, 9.17) is 21.1 Å². The number of halogens is 1. The molecule has 2 aromatic heterocycles. The zero-order valence-electron chi connectivity index (χ0n) is 16.6. The molecule has 158 valence electrons. The molecular formula is C21H17ClN4O4S. The summed E-state index contributed by atoms with van der Waals surface area (Å²) < 4.78 is 11.6. The largest absolute Gasteiger partial charge is 0.497 e. The van der Waals surface area contributed by atoms with Crippen LogP contribution in [0.4, 0.5) is 0 Å². The molecule has 0 fully saturated rings. The maximum atomic E-state index is 12.6. The molecule has 0 aliphatic rings. The predicted octanol–water partition coefficient (Wildman–Crippen LogP) is 3.42. The van der Waals surface area contributed by atoms with Crippen LogP contribution >= 0.6 is 22.9 Å². The summed E-state index contributed by atoms with van der Waals surface area (Å²) in [6, 6.07) is 13.5.